The van der Waals surface area contributed by atoms with E-state index in [1.807, 2.05) is 11.0 Å². The summed E-state index contributed by atoms with van der Waals surface area (Å²) in [6.07, 6.45) is 3.64. The fraction of sp³-hybridized carbons (Fsp3) is 0.519. The van der Waals surface area contributed by atoms with E-state index in [1.165, 1.54) is 16.8 Å². The molecular weight excluding hydrogens is 412 g/mol. The van der Waals surface area contributed by atoms with Gasteiger partial charge in [-0.15, -0.1) is 0 Å². The highest BCUT2D eigenvalue weighted by Crippen LogP contribution is 2.27. The van der Waals surface area contributed by atoms with Crippen LogP contribution in [0.3, 0.4) is 0 Å². The molecule has 3 heterocycles. The second-order valence-electron chi connectivity index (χ2n) is 9.84. The molecule has 0 bridgehead atoms. The van der Waals surface area contributed by atoms with E-state index >= 15 is 0 Å². The Morgan fingerprint density at radius 1 is 1.03 bits per heavy atom. The van der Waals surface area contributed by atoms with Crippen molar-refractivity contribution < 1.29 is 9.90 Å². The first kappa shape index (κ1) is 22.4. The van der Waals surface area contributed by atoms with Crippen LogP contribution in [0.15, 0.2) is 42.5 Å². The van der Waals surface area contributed by atoms with E-state index < -0.39 is 6.10 Å². The summed E-state index contributed by atoms with van der Waals surface area (Å²) in [5.74, 6) is 0.0513. The molecule has 5 rings (SSSR count). The average molecular weight is 449 g/mol. The summed E-state index contributed by atoms with van der Waals surface area (Å²) in [6.45, 7) is 5.64. The van der Waals surface area contributed by atoms with Gasteiger partial charge in [-0.2, -0.15) is 0 Å². The van der Waals surface area contributed by atoms with E-state index in [9.17, 15) is 9.90 Å². The number of anilines is 1. The molecule has 0 unspecified atom stereocenters. The first-order chi connectivity index (χ1) is 16.1. The number of hydrogen-bond donors (Lipinski definition) is 2. The van der Waals surface area contributed by atoms with Crippen LogP contribution in [-0.2, 0) is 19.4 Å². The van der Waals surface area contributed by atoms with E-state index in [2.05, 4.69) is 58.6 Å². The standard InChI is InChI=1S/C27H36N4O2/c1-29(23-8-12-28-13-9-23)24-6-7-26-21(16-24)11-15-31(27(26)33)19-25(32)18-30-14-10-20-4-2-3-5-22(20)17-30/h2-7,16,23,25,28,32H,8-15,17-19H2,1H3/t25-/m1/s1. The molecule has 1 amide bonds. The van der Waals surface area contributed by atoms with E-state index in [0.717, 1.165) is 63.0 Å². The minimum atomic E-state index is -0.536. The fourth-order valence-electron chi connectivity index (χ4n) is 5.64. The zero-order chi connectivity index (χ0) is 22.8. The number of carbonyl (C=O) groups excluding carboxylic acids is 1. The molecule has 0 aliphatic carbocycles. The van der Waals surface area contributed by atoms with Crippen LogP contribution in [0.25, 0.3) is 0 Å². The molecule has 176 valence electrons. The van der Waals surface area contributed by atoms with Crippen molar-refractivity contribution in [3.05, 3.63) is 64.7 Å². The van der Waals surface area contributed by atoms with Crippen molar-refractivity contribution >= 4 is 11.6 Å². The van der Waals surface area contributed by atoms with Crippen molar-refractivity contribution in [1.29, 1.82) is 0 Å². The Kier molecular flexibility index (Phi) is 6.67. The van der Waals surface area contributed by atoms with Crippen molar-refractivity contribution in [2.75, 3.05) is 51.2 Å². The molecule has 33 heavy (non-hydrogen) atoms. The van der Waals surface area contributed by atoms with Crippen LogP contribution in [0.1, 0.15) is 39.9 Å². The lowest BCUT2D eigenvalue weighted by atomic mass is 9.96. The van der Waals surface area contributed by atoms with Crippen LogP contribution in [-0.4, -0.2) is 79.3 Å². The van der Waals surface area contributed by atoms with Crippen molar-refractivity contribution in [1.82, 2.24) is 15.1 Å². The molecule has 1 saturated heterocycles. The number of benzene rings is 2. The van der Waals surface area contributed by atoms with Gasteiger partial charge in [0.25, 0.3) is 5.91 Å². The van der Waals surface area contributed by atoms with Crippen LogP contribution in [0.5, 0.6) is 0 Å². The summed E-state index contributed by atoms with van der Waals surface area (Å²) in [4.78, 5) is 19.7. The van der Waals surface area contributed by atoms with Crippen molar-refractivity contribution in [3.63, 3.8) is 0 Å². The maximum Gasteiger partial charge on any atom is 0.254 e. The predicted molar refractivity (Wildman–Crippen MR) is 132 cm³/mol. The molecule has 1 atom stereocenters. The van der Waals surface area contributed by atoms with E-state index in [-0.39, 0.29) is 5.91 Å². The Balaban J connectivity index is 1.19. The van der Waals surface area contributed by atoms with Gasteiger partial charge in [-0.1, -0.05) is 24.3 Å². The van der Waals surface area contributed by atoms with E-state index in [1.54, 1.807) is 0 Å². The van der Waals surface area contributed by atoms with Crippen LogP contribution in [0.2, 0.25) is 0 Å². The molecule has 6 nitrogen and oxygen atoms in total. The number of nitrogens with one attached hydrogen (secondary N) is 1. The number of aliphatic hydroxyl groups excluding tert-OH is 1. The van der Waals surface area contributed by atoms with Crippen LogP contribution >= 0.6 is 0 Å². The highest BCUT2D eigenvalue weighted by Gasteiger charge is 2.28. The molecule has 3 aliphatic heterocycles. The third kappa shape index (κ3) is 4.93. The molecule has 2 aromatic carbocycles. The lowest BCUT2D eigenvalue weighted by molar-refractivity contribution is 0.0493. The quantitative estimate of drug-likeness (QED) is 0.710. The van der Waals surface area contributed by atoms with Crippen molar-refractivity contribution in [3.8, 4) is 0 Å². The highest BCUT2D eigenvalue weighted by atomic mass is 16.3. The van der Waals surface area contributed by atoms with Gasteiger partial charge in [-0.25, -0.2) is 0 Å². The molecular formula is C27H36N4O2. The van der Waals surface area contributed by atoms with Crippen LogP contribution in [0.4, 0.5) is 5.69 Å². The number of aliphatic hydroxyl groups is 1. The highest BCUT2D eigenvalue weighted by molar-refractivity contribution is 5.97. The number of rotatable bonds is 6. The topological polar surface area (TPSA) is 59.1 Å². The molecule has 2 aromatic rings. The number of piperidine rings is 1. The van der Waals surface area contributed by atoms with Gasteiger partial charge in [0.1, 0.15) is 0 Å². The Labute approximate surface area is 197 Å². The SMILES string of the molecule is CN(c1ccc2c(c1)CCN(C[C@H](O)CN1CCc3ccccc3C1)C2=O)C1CCNCC1. The average Bonchev–Trinajstić information content (AvgIpc) is 2.85. The lowest BCUT2D eigenvalue weighted by Crippen LogP contribution is -2.46. The number of nitrogens with zero attached hydrogens (tertiary/aromatic N) is 3. The number of amides is 1. The Bertz CT molecular complexity index is 988. The second kappa shape index (κ2) is 9.84. The molecule has 2 N–H and O–H groups in total. The summed E-state index contributed by atoms with van der Waals surface area (Å²) >= 11 is 0. The zero-order valence-corrected chi connectivity index (χ0v) is 19.7. The van der Waals surface area contributed by atoms with Crippen LogP contribution < -0.4 is 10.2 Å². The third-order valence-corrected chi connectivity index (χ3v) is 7.63. The Morgan fingerprint density at radius 2 is 1.79 bits per heavy atom. The first-order valence-corrected chi connectivity index (χ1v) is 12.4. The zero-order valence-electron chi connectivity index (χ0n) is 19.7. The molecule has 3 aliphatic rings. The molecule has 6 heteroatoms. The van der Waals surface area contributed by atoms with Gasteiger partial charge in [0.2, 0.25) is 0 Å². The van der Waals surface area contributed by atoms with Gasteiger partial charge in [-0.3, -0.25) is 9.69 Å². The molecule has 1 fully saturated rings. The number of hydrogen-bond acceptors (Lipinski definition) is 5. The number of β-amino-alcohol motifs (C(OH)–C–C–N with tert-alkyl or cyclic N) is 1. The van der Waals surface area contributed by atoms with Gasteiger partial charge in [0.05, 0.1) is 6.10 Å². The van der Waals surface area contributed by atoms with E-state index in [4.69, 9.17) is 0 Å². The summed E-state index contributed by atoms with van der Waals surface area (Å²) in [5.41, 5.74) is 5.90. The fourth-order valence-corrected chi connectivity index (χ4v) is 5.64. The van der Waals surface area contributed by atoms with Gasteiger partial charge >= 0.3 is 0 Å². The smallest absolute Gasteiger partial charge is 0.254 e. The first-order valence-electron chi connectivity index (χ1n) is 12.4. The largest absolute Gasteiger partial charge is 0.390 e. The Hall–Kier alpha value is -2.41. The minimum Gasteiger partial charge on any atom is -0.390 e. The maximum absolute atomic E-state index is 13.2. The third-order valence-electron chi connectivity index (χ3n) is 7.63. The van der Waals surface area contributed by atoms with Gasteiger partial charge in [0, 0.05) is 57.1 Å². The number of carbonyl (C=O) groups is 1. The second-order valence-corrected chi connectivity index (χ2v) is 9.84. The molecule has 0 saturated carbocycles. The maximum atomic E-state index is 13.2. The summed E-state index contributed by atoms with van der Waals surface area (Å²) < 4.78 is 0. The molecule has 0 spiro atoms. The molecule has 0 radical (unpaired) electrons. The summed E-state index contributed by atoms with van der Waals surface area (Å²) in [5, 5.41) is 14.2. The lowest BCUT2D eigenvalue weighted by Gasteiger charge is -2.35. The van der Waals surface area contributed by atoms with Gasteiger partial charge < -0.3 is 20.2 Å². The minimum absolute atomic E-state index is 0.0513. The predicted octanol–water partition coefficient (Wildman–Crippen LogP) is 2.29. The van der Waals surface area contributed by atoms with Crippen molar-refractivity contribution in [2.45, 2.75) is 44.4 Å². The normalized spacial score (nSPS) is 20.3. The van der Waals surface area contributed by atoms with Crippen molar-refractivity contribution in [2.24, 2.45) is 0 Å². The van der Waals surface area contributed by atoms with Gasteiger partial charge in [-0.05, 0) is 73.7 Å². The monoisotopic (exact) mass is 448 g/mol. The number of fused-ring (bicyclic) bond motifs is 2. The van der Waals surface area contributed by atoms with Gasteiger partial charge in [0.15, 0.2) is 0 Å². The van der Waals surface area contributed by atoms with E-state index in [0.29, 0.717) is 25.7 Å². The Morgan fingerprint density at radius 3 is 2.61 bits per heavy atom. The van der Waals surface area contributed by atoms with Crippen LogP contribution in [0, 0.1) is 0 Å². The molecule has 0 aromatic heterocycles. The summed E-state index contributed by atoms with van der Waals surface area (Å²) in [6, 6.07) is 15.4. The summed E-state index contributed by atoms with van der Waals surface area (Å²) in [7, 11) is 2.17.